The number of pyridine rings is 1. The van der Waals surface area contributed by atoms with Gasteiger partial charge in [0.15, 0.2) is 0 Å². The summed E-state index contributed by atoms with van der Waals surface area (Å²) in [6, 6.07) is 16.8. The van der Waals surface area contributed by atoms with E-state index < -0.39 is 0 Å². The van der Waals surface area contributed by atoms with Crippen molar-refractivity contribution in [2.75, 3.05) is 34.8 Å². The molecule has 2 aromatic carbocycles. The maximum atomic E-state index is 13.1. The van der Waals surface area contributed by atoms with Crippen molar-refractivity contribution in [3.63, 3.8) is 0 Å². The number of fused-ring (bicyclic) bond motifs is 1. The van der Waals surface area contributed by atoms with Crippen molar-refractivity contribution in [2.24, 2.45) is 0 Å². The lowest BCUT2D eigenvalue weighted by atomic mass is 10.0. The van der Waals surface area contributed by atoms with Gasteiger partial charge in [-0.1, -0.05) is 18.2 Å². The van der Waals surface area contributed by atoms with Crippen LogP contribution >= 0.6 is 0 Å². The van der Waals surface area contributed by atoms with Crippen LogP contribution in [0.2, 0.25) is 0 Å². The van der Waals surface area contributed by atoms with Crippen LogP contribution in [0.25, 0.3) is 22.2 Å². The summed E-state index contributed by atoms with van der Waals surface area (Å²) in [5.41, 5.74) is 2.82. The summed E-state index contributed by atoms with van der Waals surface area (Å²) in [5, 5.41) is 0.758. The number of carbonyl (C=O) groups excluding carboxylic acids is 2. The van der Waals surface area contributed by atoms with E-state index in [4.69, 9.17) is 9.72 Å². The molecule has 3 aromatic rings. The molecule has 1 heterocycles. The first-order chi connectivity index (χ1) is 13.4. The molecule has 0 saturated heterocycles. The summed E-state index contributed by atoms with van der Waals surface area (Å²) in [6.07, 6.45) is 0. The van der Waals surface area contributed by atoms with Gasteiger partial charge in [-0.25, -0.2) is 4.98 Å². The zero-order valence-corrected chi connectivity index (χ0v) is 16.5. The first-order valence-corrected chi connectivity index (χ1v) is 8.90. The monoisotopic (exact) mass is 377 g/mol. The molecule has 0 aliphatic rings. The minimum atomic E-state index is -0.219. The number of aromatic nitrogens is 1. The molecule has 2 amide bonds. The van der Waals surface area contributed by atoms with Gasteiger partial charge < -0.3 is 14.5 Å². The average Bonchev–Trinajstić information content (AvgIpc) is 2.72. The minimum Gasteiger partial charge on any atom is -0.497 e. The van der Waals surface area contributed by atoms with Crippen molar-refractivity contribution in [3.8, 4) is 17.0 Å². The molecule has 0 bridgehead atoms. The van der Waals surface area contributed by atoms with Crippen LogP contribution in [0.15, 0.2) is 54.6 Å². The number of ether oxygens (including phenoxy) is 1. The zero-order chi connectivity index (χ0) is 20.3. The second kappa shape index (κ2) is 8.08. The van der Waals surface area contributed by atoms with Crippen molar-refractivity contribution in [1.82, 2.24) is 14.8 Å². The highest BCUT2D eigenvalue weighted by Gasteiger charge is 2.20. The molecule has 6 heteroatoms. The molecule has 0 aliphatic carbocycles. The maximum absolute atomic E-state index is 13.1. The second-order valence-corrected chi connectivity index (χ2v) is 6.75. The molecule has 0 atom stereocenters. The van der Waals surface area contributed by atoms with E-state index in [1.54, 1.807) is 34.3 Å². The summed E-state index contributed by atoms with van der Waals surface area (Å²) >= 11 is 0. The van der Waals surface area contributed by atoms with Crippen molar-refractivity contribution >= 4 is 22.7 Å². The Balaban J connectivity index is 2.05. The van der Waals surface area contributed by atoms with Crippen molar-refractivity contribution in [1.29, 1.82) is 0 Å². The maximum Gasteiger partial charge on any atom is 0.254 e. The van der Waals surface area contributed by atoms with Crippen molar-refractivity contribution < 1.29 is 14.3 Å². The van der Waals surface area contributed by atoms with Crippen LogP contribution in [0, 0.1) is 0 Å². The number of benzene rings is 2. The Morgan fingerprint density at radius 2 is 1.68 bits per heavy atom. The Labute approximate surface area is 164 Å². The quantitative estimate of drug-likeness (QED) is 0.686. The van der Waals surface area contributed by atoms with Gasteiger partial charge in [-0.15, -0.1) is 0 Å². The molecule has 0 fully saturated rings. The molecule has 6 nitrogen and oxygen atoms in total. The van der Waals surface area contributed by atoms with E-state index in [1.165, 1.54) is 9.80 Å². The van der Waals surface area contributed by atoms with Gasteiger partial charge in [-0.3, -0.25) is 9.59 Å². The summed E-state index contributed by atoms with van der Waals surface area (Å²) in [4.78, 5) is 32.7. The number of likely N-dealkylation sites (N-methyl/N-ethyl adjacent to an activating group) is 2. The summed E-state index contributed by atoms with van der Waals surface area (Å²) in [7, 11) is 6.59. The highest BCUT2D eigenvalue weighted by atomic mass is 16.5. The van der Waals surface area contributed by atoms with Crippen LogP contribution < -0.4 is 4.74 Å². The predicted octanol–water partition coefficient (Wildman–Crippen LogP) is 3.07. The summed E-state index contributed by atoms with van der Waals surface area (Å²) in [5.74, 6) is 0.399. The number of hydrogen-bond acceptors (Lipinski definition) is 4. The number of rotatable bonds is 5. The number of carbonyl (C=O) groups is 2. The van der Waals surface area contributed by atoms with Gasteiger partial charge >= 0.3 is 0 Å². The SMILES string of the molecule is COc1ccc(-c2cc(C(=O)N(C)CC(=O)N(C)C)c3ccccc3n2)cc1. The number of hydrogen-bond donors (Lipinski definition) is 0. The van der Waals surface area contributed by atoms with Gasteiger partial charge in [0.25, 0.3) is 5.91 Å². The van der Waals surface area contributed by atoms with Crippen molar-refractivity contribution in [3.05, 3.63) is 60.2 Å². The lowest BCUT2D eigenvalue weighted by Gasteiger charge is -2.20. The highest BCUT2D eigenvalue weighted by molar-refractivity contribution is 6.07. The first-order valence-electron chi connectivity index (χ1n) is 8.90. The number of nitrogens with zero attached hydrogens (tertiary/aromatic N) is 3. The van der Waals surface area contributed by atoms with Gasteiger partial charge in [0.1, 0.15) is 5.75 Å². The standard InChI is InChI=1S/C22H23N3O3/c1-24(2)21(26)14-25(3)22(27)18-13-20(15-9-11-16(28-4)12-10-15)23-19-8-6-5-7-17(18)19/h5-13H,14H2,1-4H3. The Kier molecular flexibility index (Phi) is 5.59. The zero-order valence-electron chi connectivity index (χ0n) is 16.5. The fourth-order valence-electron chi connectivity index (χ4n) is 2.88. The molecule has 1 aromatic heterocycles. The molecule has 3 rings (SSSR count). The van der Waals surface area contributed by atoms with Crippen LogP contribution in [-0.4, -0.2) is 61.4 Å². The van der Waals surface area contributed by atoms with Crippen LogP contribution in [0.1, 0.15) is 10.4 Å². The number of amides is 2. The first kappa shape index (κ1) is 19.4. The van der Waals surface area contributed by atoms with Gasteiger partial charge in [0, 0.05) is 32.1 Å². The number of methoxy groups -OCH3 is 1. The molecular weight excluding hydrogens is 354 g/mol. The third kappa shape index (κ3) is 3.96. The predicted molar refractivity (Wildman–Crippen MR) is 109 cm³/mol. The molecule has 0 unspecified atom stereocenters. The van der Waals surface area contributed by atoms with E-state index in [0.29, 0.717) is 11.3 Å². The minimum absolute atomic E-state index is 0.0142. The fraction of sp³-hybridized carbons (Fsp3) is 0.227. The fourth-order valence-corrected chi connectivity index (χ4v) is 2.88. The molecule has 0 aliphatic heterocycles. The molecule has 0 radical (unpaired) electrons. The van der Waals surface area contributed by atoms with E-state index in [2.05, 4.69) is 0 Å². The van der Waals surface area contributed by atoms with Gasteiger partial charge in [0.05, 0.1) is 30.4 Å². The van der Waals surface area contributed by atoms with E-state index in [-0.39, 0.29) is 18.4 Å². The van der Waals surface area contributed by atoms with E-state index in [9.17, 15) is 9.59 Å². The van der Waals surface area contributed by atoms with Gasteiger partial charge in [-0.2, -0.15) is 0 Å². The summed E-state index contributed by atoms with van der Waals surface area (Å²) in [6.45, 7) is 0.0142. The molecule has 0 spiro atoms. The molecule has 0 saturated carbocycles. The number of para-hydroxylation sites is 1. The molecule has 0 N–H and O–H groups in total. The normalized spacial score (nSPS) is 10.6. The van der Waals surface area contributed by atoms with Gasteiger partial charge in [0.2, 0.25) is 5.91 Å². The highest BCUT2D eigenvalue weighted by Crippen LogP contribution is 2.27. The molecular formula is C22H23N3O3. The molecule has 144 valence electrons. The Hall–Kier alpha value is -3.41. The van der Waals surface area contributed by atoms with Crippen LogP contribution in [-0.2, 0) is 4.79 Å². The third-order valence-electron chi connectivity index (χ3n) is 4.55. The summed E-state index contributed by atoms with van der Waals surface area (Å²) < 4.78 is 5.21. The Morgan fingerprint density at radius 1 is 1.00 bits per heavy atom. The van der Waals surface area contributed by atoms with Crippen LogP contribution in [0.3, 0.4) is 0 Å². The third-order valence-corrected chi connectivity index (χ3v) is 4.55. The molecule has 28 heavy (non-hydrogen) atoms. The lowest BCUT2D eigenvalue weighted by Crippen LogP contribution is -2.37. The topological polar surface area (TPSA) is 62.7 Å². The van der Waals surface area contributed by atoms with Gasteiger partial charge in [-0.05, 0) is 36.4 Å². The smallest absolute Gasteiger partial charge is 0.254 e. The van der Waals surface area contributed by atoms with Crippen LogP contribution in [0.4, 0.5) is 0 Å². The van der Waals surface area contributed by atoms with Crippen molar-refractivity contribution in [2.45, 2.75) is 0 Å². The van der Waals surface area contributed by atoms with E-state index in [1.807, 2.05) is 48.5 Å². The van der Waals surface area contributed by atoms with Crippen LogP contribution in [0.5, 0.6) is 5.75 Å². The Bertz CT molecular complexity index is 1010. The lowest BCUT2D eigenvalue weighted by molar-refractivity contribution is -0.129. The largest absolute Gasteiger partial charge is 0.497 e. The van der Waals surface area contributed by atoms with E-state index >= 15 is 0 Å². The average molecular weight is 377 g/mol. The Morgan fingerprint density at radius 3 is 2.32 bits per heavy atom. The van der Waals surface area contributed by atoms with E-state index in [0.717, 1.165) is 22.2 Å². The second-order valence-electron chi connectivity index (χ2n) is 6.75.